The van der Waals surface area contributed by atoms with Gasteiger partial charge in [-0.15, -0.1) is 11.3 Å². The third-order valence-electron chi connectivity index (χ3n) is 4.10. The summed E-state index contributed by atoms with van der Waals surface area (Å²) >= 11 is 5.87. The predicted molar refractivity (Wildman–Crippen MR) is 134 cm³/mol. The molecule has 10 heteroatoms. The standard InChI is InChI=1S/C11H18N2O2S.C6H11NS.C5H7NO2/c1-5-11(3,4)13-9-8(12-7-16-9)10(14)15-6-2;1-4-6(2,3)7-5-8;1-3-8-5(7)4-6-2/h7,13H,5-6H2,1-4H3;4H2,1-3H3;3-4H2,1H3. The molecular formula is C22H36N4O4S2. The van der Waals surface area contributed by atoms with E-state index >= 15 is 0 Å². The fourth-order valence-corrected chi connectivity index (χ4v) is 2.64. The molecule has 0 saturated carbocycles. The van der Waals surface area contributed by atoms with Crippen LogP contribution in [0.2, 0.25) is 0 Å². The first-order chi connectivity index (χ1) is 14.9. The average Bonchev–Trinajstić information content (AvgIpc) is 3.17. The number of carbonyl (C=O) groups is 2. The van der Waals surface area contributed by atoms with Crippen LogP contribution >= 0.6 is 23.6 Å². The quantitative estimate of drug-likeness (QED) is 0.209. The molecule has 1 heterocycles. The van der Waals surface area contributed by atoms with Crippen LogP contribution in [-0.2, 0) is 14.3 Å². The molecule has 0 bridgehead atoms. The van der Waals surface area contributed by atoms with Gasteiger partial charge in [-0.1, -0.05) is 13.8 Å². The first-order valence-electron chi connectivity index (χ1n) is 10.4. The molecule has 0 aliphatic heterocycles. The third kappa shape index (κ3) is 15.5. The van der Waals surface area contributed by atoms with E-state index in [1.807, 2.05) is 13.8 Å². The highest BCUT2D eigenvalue weighted by molar-refractivity contribution is 7.78. The van der Waals surface area contributed by atoms with Crippen LogP contribution < -0.4 is 5.32 Å². The summed E-state index contributed by atoms with van der Waals surface area (Å²) in [6.45, 7) is 22.7. The maximum Gasteiger partial charge on any atom is 0.387 e. The molecule has 0 atom stereocenters. The smallest absolute Gasteiger partial charge is 0.387 e. The summed E-state index contributed by atoms with van der Waals surface area (Å²) in [5.41, 5.74) is 1.99. The van der Waals surface area contributed by atoms with Crippen LogP contribution in [0.3, 0.4) is 0 Å². The van der Waals surface area contributed by atoms with Crippen LogP contribution in [0.15, 0.2) is 10.5 Å². The Morgan fingerprint density at radius 3 is 2.19 bits per heavy atom. The van der Waals surface area contributed by atoms with Crippen LogP contribution in [-0.4, -0.2) is 52.9 Å². The highest BCUT2D eigenvalue weighted by atomic mass is 32.1. The maximum absolute atomic E-state index is 11.6. The van der Waals surface area contributed by atoms with Crippen LogP contribution in [0, 0.1) is 6.57 Å². The van der Waals surface area contributed by atoms with E-state index in [1.165, 1.54) is 11.3 Å². The number of carbonyl (C=O) groups excluding carboxylic acids is 2. The molecule has 0 radical (unpaired) electrons. The average molecular weight is 485 g/mol. The zero-order valence-corrected chi connectivity index (χ0v) is 22.0. The lowest BCUT2D eigenvalue weighted by molar-refractivity contribution is -0.140. The number of aromatic nitrogens is 1. The minimum absolute atomic E-state index is 0.00174. The summed E-state index contributed by atoms with van der Waals surface area (Å²) in [4.78, 5) is 32.6. The molecule has 0 unspecified atom stereocenters. The van der Waals surface area contributed by atoms with E-state index in [2.05, 4.69) is 69.9 Å². The van der Waals surface area contributed by atoms with Crippen molar-refractivity contribution >= 4 is 45.7 Å². The molecule has 1 rings (SSSR count). The van der Waals surface area contributed by atoms with Gasteiger partial charge in [-0.3, -0.25) is 0 Å². The highest BCUT2D eigenvalue weighted by Crippen LogP contribution is 2.26. The molecule has 32 heavy (non-hydrogen) atoms. The number of hydrogen-bond acceptors (Lipinski definition) is 9. The van der Waals surface area contributed by atoms with Gasteiger partial charge in [0.1, 0.15) is 5.00 Å². The number of anilines is 1. The Balaban J connectivity index is 0. The first-order valence-corrected chi connectivity index (χ1v) is 11.7. The number of isothiocyanates is 1. The van der Waals surface area contributed by atoms with Crippen molar-refractivity contribution in [2.75, 3.05) is 25.1 Å². The Bertz CT molecular complexity index is 779. The summed E-state index contributed by atoms with van der Waals surface area (Å²) in [6.07, 6.45) is 1.98. The predicted octanol–water partition coefficient (Wildman–Crippen LogP) is 5.67. The molecule has 0 saturated heterocycles. The fraction of sp³-hybridized carbons (Fsp3) is 0.682. The second kappa shape index (κ2) is 17.2. The summed E-state index contributed by atoms with van der Waals surface area (Å²) < 4.78 is 9.37. The van der Waals surface area contributed by atoms with Gasteiger partial charge in [-0.2, -0.15) is 0 Å². The monoisotopic (exact) mass is 484 g/mol. The Labute approximate surface area is 201 Å². The van der Waals surface area contributed by atoms with Crippen molar-refractivity contribution in [1.82, 2.24) is 4.98 Å². The van der Waals surface area contributed by atoms with Crippen molar-refractivity contribution < 1.29 is 19.1 Å². The minimum atomic E-state index is -0.442. The third-order valence-corrected chi connectivity index (χ3v) is 4.93. The van der Waals surface area contributed by atoms with E-state index < -0.39 is 5.97 Å². The second-order valence-corrected chi connectivity index (χ2v) is 8.64. The van der Waals surface area contributed by atoms with Crippen molar-refractivity contribution in [3.63, 3.8) is 0 Å². The number of aliphatic imine (C=N–C) groups is 1. The van der Waals surface area contributed by atoms with Gasteiger partial charge in [-0.25, -0.2) is 26.1 Å². The highest BCUT2D eigenvalue weighted by Gasteiger charge is 2.21. The van der Waals surface area contributed by atoms with E-state index in [1.54, 1.807) is 19.4 Å². The van der Waals surface area contributed by atoms with Gasteiger partial charge in [0.15, 0.2) is 5.69 Å². The Hall–Kier alpha value is -2.34. The molecule has 180 valence electrons. The zero-order chi connectivity index (χ0) is 25.2. The maximum atomic E-state index is 11.6. The summed E-state index contributed by atoms with van der Waals surface area (Å²) in [6, 6.07) is 0. The van der Waals surface area contributed by atoms with Gasteiger partial charge in [0.25, 0.3) is 0 Å². The SMILES string of the molecule is CCC(C)(C)N=C=S.CCOC(=O)c1ncsc1NC(C)(C)CC.[C-]#[N+]CC(=O)OCC. The molecule has 1 N–H and O–H groups in total. The molecular weight excluding hydrogens is 448 g/mol. The molecule has 0 aromatic carbocycles. The fourth-order valence-electron chi connectivity index (χ4n) is 1.55. The number of hydrogen-bond donors (Lipinski definition) is 1. The van der Waals surface area contributed by atoms with Crippen LogP contribution in [0.4, 0.5) is 5.00 Å². The summed E-state index contributed by atoms with van der Waals surface area (Å²) in [5.74, 6) is -0.805. The molecule has 8 nitrogen and oxygen atoms in total. The minimum Gasteiger partial charge on any atom is -0.461 e. The van der Waals surface area contributed by atoms with E-state index in [-0.39, 0.29) is 23.6 Å². The van der Waals surface area contributed by atoms with Crippen LogP contribution in [0.25, 0.3) is 4.85 Å². The molecule has 0 spiro atoms. The lowest BCUT2D eigenvalue weighted by Crippen LogP contribution is -2.30. The van der Waals surface area contributed by atoms with Crippen molar-refractivity contribution in [3.8, 4) is 0 Å². The lowest BCUT2D eigenvalue weighted by atomic mass is 10.0. The van der Waals surface area contributed by atoms with Crippen LogP contribution in [0.1, 0.15) is 78.7 Å². The molecule has 0 aliphatic rings. The van der Waals surface area contributed by atoms with Gasteiger partial charge in [0.2, 0.25) is 0 Å². The normalized spacial score (nSPS) is 10.1. The first kappa shape index (κ1) is 31.8. The molecule has 1 aromatic heterocycles. The van der Waals surface area contributed by atoms with Crippen molar-refractivity contribution in [2.24, 2.45) is 4.99 Å². The molecule has 0 amide bonds. The molecule has 1 aromatic rings. The topological polar surface area (TPSA) is 94.2 Å². The number of nitrogens with zero attached hydrogens (tertiary/aromatic N) is 3. The Kier molecular flexibility index (Phi) is 17.2. The van der Waals surface area contributed by atoms with Gasteiger partial charge < -0.3 is 19.6 Å². The Morgan fingerprint density at radius 2 is 1.78 bits per heavy atom. The zero-order valence-electron chi connectivity index (χ0n) is 20.4. The largest absolute Gasteiger partial charge is 0.461 e. The number of rotatable bonds is 9. The van der Waals surface area contributed by atoms with Gasteiger partial charge in [-0.05, 0) is 66.6 Å². The number of nitrogens with one attached hydrogen (secondary N) is 1. The van der Waals surface area contributed by atoms with E-state index in [0.717, 1.165) is 17.8 Å². The number of thiazole rings is 1. The van der Waals surface area contributed by atoms with E-state index in [4.69, 9.17) is 11.3 Å². The van der Waals surface area contributed by atoms with E-state index in [0.29, 0.717) is 18.9 Å². The van der Waals surface area contributed by atoms with Crippen molar-refractivity contribution in [2.45, 2.75) is 79.3 Å². The number of ether oxygens (including phenoxy) is 2. The van der Waals surface area contributed by atoms with Crippen LogP contribution in [0.5, 0.6) is 0 Å². The molecule has 0 fully saturated rings. The van der Waals surface area contributed by atoms with Crippen molar-refractivity contribution in [3.05, 3.63) is 22.6 Å². The molecule has 0 aliphatic carbocycles. The van der Waals surface area contributed by atoms with Crippen molar-refractivity contribution in [1.29, 1.82) is 0 Å². The number of thiocarbonyl (C=S) groups is 1. The summed E-state index contributed by atoms with van der Waals surface area (Å²) in [7, 11) is 0. The number of esters is 2. The van der Waals surface area contributed by atoms with Gasteiger partial charge >= 0.3 is 18.5 Å². The van der Waals surface area contributed by atoms with Gasteiger partial charge in [0, 0.05) is 5.54 Å². The Morgan fingerprint density at radius 1 is 1.19 bits per heavy atom. The van der Waals surface area contributed by atoms with E-state index in [9.17, 15) is 9.59 Å². The lowest BCUT2D eigenvalue weighted by Gasteiger charge is -2.24. The summed E-state index contributed by atoms with van der Waals surface area (Å²) in [5, 5.41) is 6.46. The second-order valence-electron chi connectivity index (χ2n) is 7.60. The van der Waals surface area contributed by atoms with Gasteiger partial charge in [0.05, 0.1) is 29.4 Å².